The Balaban J connectivity index is 2.06. The summed E-state index contributed by atoms with van der Waals surface area (Å²) in [5.74, 6) is 0. The van der Waals surface area contributed by atoms with Crippen LogP contribution in [0.4, 0.5) is 0 Å². The fourth-order valence-electron chi connectivity index (χ4n) is 1.78. The van der Waals surface area contributed by atoms with Gasteiger partial charge in [-0.2, -0.15) is 0 Å². The Hall–Kier alpha value is -1.19. The second kappa shape index (κ2) is 6.52. The van der Waals surface area contributed by atoms with Crippen LogP contribution in [0.2, 0.25) is 0 Å². The van der Waals surface area contributed by atoms with Gasteiger partial charge in [-0.15, -0.1) is 11.3 Å². The lowest BCUT2D eigenvalue weighted by Gasteiger charge is -2.16. The number of benzene rings is 1. The van der Waals surface area contributed by atoms with Crippen molar-refractivity contribution in [1.82, 2.24) is 10.3 Å². The SMILES string of the molecule is [CH2]CCN[C@@H](Cc1ccccc1)c1nccs1. The maximum absolute atomic E-state index is 4.40. The smallest absolute Gasteiger partial charge is 0.110 e. The average Bonchev–Trinajstić information content (AvgIpc) is 2.89. The van der Waals surface area contributed by atoms with Gasteiger partial charge in [-0.3, -0.25) is 0 Å². The predicted molar refractivity (Wildman–Crippen MR) is 73.0 cm³/mol. The molecule has 2 nitrogen and oxygen atoms in total. The van der Waals surface area contributed by atoms with Crippen molar-refractivity contribution in [3.05, 3.63) is 59.4 Å². The average molecular weight is 245 g/mol. The molecular weight excluding hydrogens is 228 g/mol. The van der Waals surface area contributed by atoms with Crippen LogP contribution in [0.5, 0.6) is 0 Å². The molecule has 0 fully saturated rings. The van der Waals surface area contributed by atoms with Crippen molar-refractivity contribution in [1.29, 1.82) is 0 Å². The minimum Gasteiger partial charge on any atom is -0.308 e. The lowest BCUT2D eigenvalue weighted by atomic mass is 10.1. The molecule has 0 saturated carbocycles. The van der Waals surface area contributed by atoms with E-state index in [1.54, 1.807) is 11.3 Å². The Bertz CT molecular complexity index is 411. The zero-order chi connectivity index (χ0) is 11.9. The lowest BCUT2D eigenvalue weighted by molar-refractivity contribution is 0.534. The van der Waals surface area contributed by atoms with Crippen LogP contribution in [0.1, 0.15) is 23.0 Å². The fourth-order valence-corrected chi connectivity index (χ4v) is 2.49. The van der Waals surface area contributed by atoms with Crippen LogP contribution in [0.3, 0.4) is 0 Å². The zero-order valence-corrected chi connectivity index (χ0v) is 10.6. The highest BCUT2D eigenvalue weighted by Gasteiger charge is 2.13. The molecule has 0 amide bonds. The summed E-state index contributed by atoms with van der Waals surface area (Å²) >= 11 is 1.71. The first-order chi connectivity index (χ1) is 8.40. The number of hydrogen-bond donors (Lipinski definition) is 1. The number of rotatable bonds is 6. The number of thiazole rings is 1. The van der Waals surface area contributed by atoms with Crippen molar-refractivity contribution in [2.75, 3.05) is 6.54 Å². The third-order valence-electron chi connectivity index (χ3n) is 2.60. The summed E-state index contributed by atoms with van der Waals surface area (Å²) in [4.78, 5) is 4.40. The summed E-state index contributed by atoms with van der Waals surface area (Å²) in [7, 11) is 0. The highest BCUT2D eigenvalue weighted by Crippen LogP contribution is 2.20. The molecule has 89 valence electrons. The fraction of sp³-hybridized carbons (Fsp3) is 0.286. The monoisotopic (exact) mass is 245 g/mol. The molecule has 0 aliphatic carbocycles. The second-order valence-electron chi connectivity index (χ2n) is 3.92. The van der Waals surface area contributed by atoms with Gasteiger partial charge < -0.3 is 5.32 Å². The first kappa shape index (κ1) is 12.3. The minimum atomic E-state index is 0.305. The molecule has 1 aromatic heterocycles. The van der Waals surface area contributed by atoms with E-state index in [4.69, 9.17) is 0 Å². The molecule has 1 aromatic carbocycles. The molecule has 0 aliphatic heterocycles. The topological polar surface area (TPSA) is 24.9 Å². The van der Waals surface area contributed by atoms with Gasteiger partial charge in [0.25, 0.3) is 0 Å². The first-order valence-corrected chi connectivity index (χ1v) is 6.74. The Labute approximate surface area is 107 Å². The van der Waals surface area contributed by atoms with E-state index in [-0.39, 0.29) is 0 Å². The van der Waals surface area contributed by atoms with E-state index in [9.17, 15) is 0 Å². The van der Waals surface area contributed by atoms with Crippen LogP contribution in [0.15, 0.2) is 41.9 Å². The lowest BCUT2D eigenvalue weighted by Crippen LogP contribution is -2.23. The van der Waals surface area contributed by atoms with Gasteiger partial charge in [0.15, 0.2) is 0 Å². The molecule has 0 spiro atoms. The van der Waals surface area contributed by atoms with Crippen LogP contribution < -0.4 is 5.32 Å². The quantitative estimate of drug-likeness (QED) is 0.845. The zero-order valence-electron chi connectivity index (χ0n) is 9.80. The molecule has 1 N–H and O–H groups in total. The summed E-state index contributed by atoms with van der Waals surface area (Å²) in [6, 6.07) is 10.8. The Kier molecular flexibility index (Phi) is 4.71. The van der Waals surface area contributed by atoms with Crippen molar-refractivity contribution in [2.24, 2.45) is 0 Å². The van der Waals surface area contributed by atoms with Crippen molar-refractivity contribution >= 4 is 11.3 Å². The Morgan fingerprint density at radius 3 is 2.76 bits per heavy atom. The van der Waals surface area contributed by atoms with Crippen molar-refractivity contribution < 1.29 is 0 Å². The van der Waals surface area contributed by atoms with Crippen LogP contribution in [0, 0.1) is 6.92 Å². The van der Waals surface area contributed by atoms with Crippen LogP contribution in [-0.2, 0) is 6.42 Å². The van der Waals surface area contributed by atoms with Crippen LogP contribution in [0.25, 0.3) is 0 Å². The van der Waals surface area contributed by atoms with Crippen molar-refractivity contribution in [3.8, 4) is 0 Å². The molecule has 17 heavy (non-hydrogen) atoms. The van der Waals surface area contributed by atoms with E-state index < -0.39 is 0 Å². The molecule has 3 heteroatoms. The summed E-state index contributed by atoms with van der Waals surface area (Å²) < 4.78 is 0. The summed E-state index contributed by atoms with van der Waals surface area (Å²) in [5.41, 5.74) is 1.34. The second-order valence-corrected chi connectivity index (χ2v) is 4.85. The highest BCUT2D eigenvalue weighted by atomic mass is 32.1. The molecule has 0 bridgehead atoms. The molecule has 1 heterocycles. The van der Waals surface area contributed by atoms with Gasteiger partial charge in [0, 0.05) is 11.6 Å². The van der Waals surface area contributed by atoms with Crippen molar-refractivity contribution in [2.45, 2.75) is 18.9 Å². The molecule has 2 aromatic rings. The predicted octanol–water partition coefficient (Wildman–Crippen LogP) is 3.24. The normalized spacial score (nSPS) is 12.5. The third-order valence-corrected chi connectivity index (χ3v) is 3.49. The van der Waals surface area contributed by atoms with E-state index in [1.807, 2.05) is 17.6 Å². The molecule has 0 aliphatic rings. The van der Waals surface area contributed by atoms with E-state index in [2.05, 4.69) is 41.5 Å². The molecule has 0 saturated heterocycles. The molecule has 1 atom stereocenters. The molecule has 0 unspecified atom stereocenters. The van der Waals surface area contributed by atoms with E-state index in [0.29, 0.717) is 6.04 Å². The van der Waals surface area contributed by atoms with Gasteiger partial charge in [-0.25, -0.2) is 4.98 Å². The first-order valence-electron chi connectivity index (χ1n) is 5.86. The van der Waals surface area contributed by atoms with Crippen molar-refractivity contribution in [3.63, 3.8) is 0 Å². The van der Waals surface area contributed by atoms with Gasteiger partial charge in [0.1, 0.15) is 5.01 Å². The maximum Gasteiger partial charge on any atom is 0.110 e. The van der Waals surface area contributed by atoms with Gasteiger partial charge in [-0.05, 0) is 24.9 Å². The van der Waals surface area contributed by atoms with Crippen LogP contribution in [-0.4, -0.2) is 11.5 Å². The van der Waals surface area contributed by atoms with E-state index >= 15 is 0 Å². The molecule has 2 rings (SSSR count). The van der Waals surface area contributed by atoms with E-state index in [1.165, 1.54) is 5.56 Å². The third kappa shape index (κ3) is 3.65. The minimum absolute atomic E-state index is 0.305. The maximum atomic E-state index is 4.40. The summed E-state index contributed by atoms with van der Waals surface area (Å²) in [6.45, 7) is 4.79. The number of nitrogens with zero attached hydrogens (tertiary/aromatic N) is 1. The number of nitrogens with one attached hydrogen (secondary N) is 1. The summed E-state index contributed by atoms with van der Waals surface area (Å²) in [5, 5.41) is 6.69. The van der Waals surface area contributed by atoms with Crippen LogP contribution >= 0.6 is 11.3 Å². The number of aromatic nitrogens is 1. The Morgan fingerprint density at radius 2 is 2.12 bits per heavy atom. The largest absolute Gasteiger partial charge is 0.308 e. The van der Waals surface area contributed by atoms with Gasteiger partial charge in [-0.1, -0.05) is 37.3 Å². The van der Waals surface area contributed by atoms with Gasteiger partial charge in [0.2, 0.25) is 0 Å². The Morgan fingerprint density at radius 1 is 1.29 bits per heavy atom. The molecule has 1 radical (unpaired) electrons. The van der Waals surface area contributed by atoms with E-state index in [0.717, 1.165) is 24.4 Å². The van der Waals surface area contributed by atoms with Gasteiger partial charge in [0.05, 0.1) is 6.04 Å². The standard InChI is InChI=1S/C14H17N2S/c1-2-8-15-13(14-16-9-10-17-14)11-12-6-4-3-5-7-12/h3-7,9-10,13,15H,1-2,8,11H2/t13-/m0/s1. The van der Waals surface area contributed by atoms with Gasteiger partial charge >= 0.3 is 0 Å². The molecular formula is C14H17N2S. The highest BCUT2D eigenvalue weighted by molar-refractivity contribution is 7.09. The number of hydrogen-bond acceptors (Lipinski definition) is 3. The summed E-state index contributed by atoms with van der Waals surface area (Å²) in [6.07, 6.45) is 3.74.